The van der Waals surface area contributed by atoms with Gasteiger partial charge in [0.15, 0.2) is 0 Å². The molecule has 0 saturated carbocycles. The van der Waals surface area contributed by atoms with Crippen molar-refractivity contribution in [2.24, 2.45) is 0 Å². The van der Waals surface area contributed by atoms with E-state index in [0.717, 1.165) is 17.1 Å². The molecule has 0 aliphatic carbocycles. The average molecular weight is 259 g/mol. The van der Waals surface area contributed by atoms with Crippen LogP contribution in [0.25, 0.3) is 0 Å². The highest BCUT2D eigenvalue weighted by molar-refractivity contribution is 7.80. The van der Waals surface area contributed by atoms with Gasteiger partial charge in [-0.15, -0.1) is 0 Å². The molecule has 0 amide bonds. The molecule has 0 radical (unpaired) electrons. The molecular weight excluding hydrogens is 238 g/mol. The van der Waals surface area contributed by atoms with Gasteiger partial charge in [-0.25, -0.2) is 4.79 Å². The first kappa shape index (κ1) is 15.3. The van der Waals surface area contributed by atoms with Crippen LogP contribution >= 0.6 is 12.2 Å². The molecule has 0 heterocycles. The Morgan fingerprint density at radius 2 is 1.94 bits per heavy atom. The third-order valence-electron chi connectivity index (χ3n) is 2.19. The first-order valence-corrected chi connectivity index (χ1v) is 9.24. The third-order valence-corrected chi connectivity index (χ3v) is 4.56. The van der Waals surface area contributed by atoms with Crippen LogP contribution in [0.3, 0.4) is 0 Å². The summed E-state index contributed by atoms with van der Waals surface area (Å²) in [7, 11) is -1.54. The molecule has 0 spiro atoms. The van der Waals surface area contributed by atoms with Crippen molar-refractivity contribution in [2.45, 2.75) is 39.9 Å². The fraction of sp³-hybridized carbons (Fsp3) is 0.636. The zero-order chi connectivity index (χ0) is 12.9. The highest BCUT2D eigenvalue weighted by atomic mass is 32.1. The SMILES string of the molecule is CCN(C(=CC(=O)O)CC(C)=S)[Si](C)(C)C. The van der Waals surface area contributed by atoms with Gasteiger partial charge >= 0.3 is 5.97 Å². The normalized spacial score (nSPS) is 12.4. The van der Waals surface area contributed by atoms with Crippen molar-refractivity contribution in [3.05, 3.63) is 11.8 Å². The molecule has 5 heteroatoms. The third kappa shape index (κ3) is 5.41. The summed E-state index contributed by atoms with van der Waals surface area (Å²) < 4.78 is 2.21. The second-order valence-electron chi connectivity index (χ2n) is 4.77. The molecule has 0 bridgehead atoms. The van der Waals surface area contributed by atoms with Crippen molar-refractivity contribution in [1.29, 1.82) is 0 Å². The number of carbonyl (C=O) groups is 1. The lowest BCUT2D eigenvalue weighted by Gasteiger charge is -2.37. The standard InChI is InChI=1S/C11H21NO2SSi/c1-6-12(16(3,4)5)10(7-9(2)15)8-11(13)14/h8H,6-7H2,1-5H3,(H,13,14). The summed E-state index contributed by atoms with van der Waals surface area (Å²) in [6.45, 7) is 11.3. The van der Waals surface area contributed by atoms with E-state index in [0.29, 0.717) is 6.42 Å². The van der Waals surface area contributed by atoms with Gasteiger partial charge in [0.05, 0.1) is 0 Å². The van der Waals surface area contributed by atoms with Crippen molar-refractivity contribution < 1.29 is 9.90 Å². The number of rotatable bonds is 6. The second kappa shape index (κ2) is 6.15. The van der Waals surface area contributed by atoms with Gasteiger partial charge in [0, 0.05) is 24.7 Å². The summed E-state index contributed by atoms with van der Waals surface area (Å²) in [6.07, 6.45) is 1.86. The monoisotopic (exact) mass is 259 g/mol. The Balaban J connectivity index is 5.15. The van der Waals surface area contributed by atoms with E-state index >= 15 is 0 Å². The van der Waals surface area contributed by atoms with Gasteiger partial charge in [0.2, 0.25) is 0 Å². The molecule has 3 nitrogen and oxygen atoms in total. The molecule has 0 fully saturated rings. The molecule has 0 rings (SSSR count). The molecule has 0 aromatic carbocycles. The Bertz CT molecular complexity index is 308. The second-order valence-corrected chi connectivity index (χ2v) is 10.3. The predicted octanol–water partition coefficient (Wildman–Crippen LogP) is 2.89. The van der Waals surface area contributed by atoms with Gasteiger partial charge in [-0.2, -0.15) is 0 Å². The topological polar surface area (TPSA) is 40.5 Å². The number of aliphatic carboxylic acids is 1. The van der Waals surface area contributed by atoms with Gasteiger partial charge in [0.25, 0.3) is 0 Å². The highest BCUT2D eigenvalue weighted by Crippen LogP contribution is 2.19. The number of thiocarbonyl (C=S) groups is 1. The van der Waals surface area contributed by atoms with E-state index in [1.807, 2.05) is 13.8 Å². The minimum Gasteiger partial charge on any atom is -0.478 e. The van der Waals surface area contributed by atoms with E-state index in [2.05, 4.69) is 24.2 Å². The van der Waals surface area contributed by atoms with Crippen LogP contribution in [0.1, 0.15) is 20.3 Å². The minimum absolute atomic E-state index is 0.569. The zero-order valence-corrected chi connectivity index (χ0v) is 12.5. The fourth-order valence-electron chi connectivity index (χ4n) is 1.73. The van der Waals surface area contributed by atoms with Crippen LogP contribution in [0, 0.1) is 0 Å². The Morgan fingerprint density at radius 1 is 1.44 bits per heavy atom. The summed E-state index contributed by atoms with van der Waals surface area (Å²) in [6, 6.07) is 0. The lowest BCUT2D eigenvalue weighted by molar-refractivity contribution is -0.131. The van der Waals surface area contributed by atoms with Crippen molar-refractivity contribution >= 4 is 31.3 Å². The minimum atomic E-state index is -1.54. The molecule has 0 aliphatic rings. The van der Waals surface area contributed by atoms with E-state index in [9.17, 15) is 4.79 Å². The summed E-state index contributed by atoms with van der Waals surface area (Å²) in [5, 5.41) is 8.88. The molecular formula is C11H21NO2SSi. The van der Waals surface area contributed by atoms with Gasteiger partial charge in [-0.05, 0) is 18.7 Å². The summed E-state index contributed by atoms with van der Waals surface area (Å²) in [5.74, 6) is -0.900. The van der Waals surface area contributed by atoms with Crippen LogP contribution in [0.4, 0.5) is 0 Å². The molecule has 16 heavy (non-hydrogen) atoms. The largest absolute Gasteiger partial charge is 0.478 e. The molecule has 92 valence electrons. The van der Waals surface area contributed by atoms with Crippen molar-refractivity contribution in [1.82, 2.24) is 4.57 Å². The Labute approximate surface area is 104 Å². The van der Waals surface area contributed by atoms with E-state index in [1.165, 1.54) is 6.08 Å². The van der Waals surface area contributed by atoms with Crippen LogP contribution in [0.15, 0.2) is 11.8 Å². The van der Waals surface area contributed by atoms with Crippen molar-refractivity contribution in [2.75, 3.05) is 6.54 Å². The lowest BCUT2D eigenvalue weighted by Crippen LogP contribution is -2.45. The molecule has 0 aliphatic heterocycles. The average Bonchev–Trinajstić information content (AvgIpc) is 1.99. The van der Waals surface area contributed by atoms with Gasteiger partial charge in [-0.3, -0.25) is 0 Å². The van der Waals surface area contributed by atoms with E-state index in [-0.39, 0.29) is 0 Å². The van der Waals surface area contributed by atoms with Gasteiger partial charge < -0.3 is 9.67 Å². The number of allylic oxidation sites excluding steroid dienone is 1. The summed E-state index contributed by atoms with van der Waals surface area (Å²) in [5.41, 5.74) is 0.835. The van der Waals surface area contributed by atoms with Crippen LogP contribution in [0.5, 0.6) is 0 Å². The Morgan fingerprint density at radius 3 is 2.19 bits per heavy atom. The Kier molecular flexibility index (Phi) is 5.89. The molecule has 0 unspecified atom stereocenters. The van der Waals surface area contributed by atoms with Crippen LogP contribution < -0.4 is 0 Å². The number of nitrogens with zero attached hydrogens (tertiary/aromatic N) is 1. The van der Waals surface area contributed by atoms with Crippen LogP contribution in [-0.2, 0) is 4.79 Å². The number of hydrogen-bond donors (Lipinski definition) is 1. The molecule has 1 N–H and O–H groups in total. The van der Waals surface area contributed by atoms with Crippen LogP contribution in [0.2, 0.25) is 19.6 Å². The first-order valence-electron chi connectivity index (χ1n) is 5.39. The predicted molar refractivity (Wildman–Crippen MR) is 74.3 cm³/mol. The van der Waals surface area contributed by atoms with Gasteiger partial charge in [-0.1, -0.05) is 31.9 Å². The lowest BCUT2D eigenvalue weighted by atomic mass is 10.2. The highest BCUT2D eigenvalue weighted by Gasteiger charge is 2.25. The molecule has 0 aromatic rings. The zero-order valence-electron chi connectivity index (χ0n) is 10.7. The Hall–Kier alpha value is -0.683. The van der Waals surface area contributed by atoms with Gasteiger partial charge in [0.1, 0.15) is 8.24 Å². The van der Waals surface area contributed by atoms with Crippen LogP contribution in [-0.4, -0.2) is 35.3 Å². The number of hydrogen-bond acceptors (Lipinski definition) is 3. The number of carboxylic acid groups (broad SMARTS) is 1. The fourth-order valence-corrected chi connectivity index (χ4v) is 3.83. The molecule has 0 atom stereocenters. The number of carboxylic acids is 1. The van der Waals surface area contributed by atoms with E-state index < -0.39 is 14.2 Å². The van der Waals surface area contributed by atoms with Crippen molar-refractivity contribution in [3.8, 4) is 0 Å². The van der Waals surface area contributed by atoms with E-state index in [1.54, 1.807) is 0 Å². The summed E-state index contributed by atoms with van der Waals surface area (Å²) >= 11 is 5.07. The van der Waals surface area contributed by atoms with Crippen molar-refractivity contribution in [3.63, 3.8) is 0 Å². The summed E-state index contributed by atoms with van der Waals surface area (Å²) in [4.78, 5) is 11.6. The quantitative estimate of drug-likeness (QED) is 0.452. The maximum absolute atomic E-state index is 10.8. The maximum atomic E-state index is 10.8. The molecule has 0 saturated heterocycles. The molecule has 0 aromatic heterocycles. The maximum Gasteiger partial charge on any atom is 0.330 e. The first-order chi connectivity index (χ1) is 7.18. The smallest absolute Gasteiger partial charge is 0.330 e. The van der Waals surface area contributed by atoms with E-state index in [4.69, 9.17) is 17.3 Å².